The molecule has 70 valence electrons. The standard InChI is InChI=1S/C9H14N4/c1-10-8-3-6-13(7-8)9-11-4-2-5-12-9/h2,4-5,8,10H,3,6-7H2,1H3/t8-/m1/s1. The van der Waals surface area contributed by atoms with E-state index >= 15 is 0 Å². The first-order chi connectivity index (χ1) is 6.40. The van der Waals surface area contributed by atoms with Crippen LogP contribution in [0.3, 0.4) is 0 Å². The SMILES string of the molecule is CN[C@@H]1CCN(c2ncccn2)C1. The van der Waals surface area contributed by atoms with E-state index in [1.807, 2.05) is 13.1 Å². The van der Waals surface area contributed by atoms with E-state index in [2.05, 4.69) is 20.2 Å². The molecule has 1 aliphatic heterocycles. The van der Waals surface area contributed by atoms with Crippen molar-refractivity contribution in [3.05, 3.63) is 18.5 Å². The van der Waals surface area contributed by atoms with Crippen molar-refractivity contribution in [1.82, 2.24) is 15.3 Å². The zero-order valence-corrected chi connectivity index (χ0v) is 7.77. The molecule has 0 saturated carbocycles. The van der Waals surface area contributed by atoms with Crippen molar-refractivity contribution in [3.63, 3.8) is 0 Å². The molecule has 2 heterocycles. The molecule has 4 heteroatoms. The van der Waals surface area contributed by atoms with Crippen molar-refractivity contribution in [1.29, 1.82) is 0 Å². The first-order valence-corrected chi connectivity index (χ1v) is 4.59. The number of aromatic nitrogens is 2. The number of hydrogen-bond donors (Lipinski definition) is 1. The highest BCUT2D eigenvalue weighted by molar-refractivity contribution is 5.30. The Balaban J connectivity index is 2.04. The summed E-state index contributed by atoms with van der Waals surface area (Å²) >= 11 is 0. The molecule has 13 heavy (non-hydrogen) atoms. The van der Waals surface area contributed by atoms with Crippen molar-refractivity contribution in [2.45, 2.75) is 12.5 Å². The van der Waals surface area contributed by atoms with Crippen molar-refractivity contribution in [2.75, 3.05) is 25.0 Å². The number of likely N-dealkylation sites (N-methyl/N-ethyl adjacent to an activating group) is 1. The van der Waals surface area contributed by atoms with Gasteiger partial charge in [0, 0.05) is 31.5 Å². The minimum absolute atomic E-state index is 0.587. The third-order valence-corrected chi connectivity index (χ3v) is 2.43. The van der Waals surface area contributed by atoms with Crippen molar-refractivity contribution >= 4 is 5.95 Å². The molecule has 2 rings (SSSR count). The van der Waals surface area contributed by atoms with Crippen LogP contribution >= 0.6 is 0 Å². The third kappa shape index (κ3) is 1.78. The van der Waals surface area contributed by atoms with Gasteiger partial charge in [-0.2, -0.15) is 0 Å². The number of rotatable bonds is 2. The summed E-state index contributed by atoms with van der Waals surface area (Å²) in [6.07, 6.45) is 4.75. The Morgan fingerprint density at radius 2 is 2.23 bits per heavy atom. The van der Waals surface area contributed by atoms with Crippen LogP contribution in [0.1, 0.15) is 6.42 Å². The molecule has 0 radical (unpaired) electrons. The van der Waals surface area contributed by atoms with E-state index in [0.29, 0.717) is 6.04 Å². The third-order valence-electron chi connectivity index (χ3n) is 2.43. The molecule has 1 aliphatic rings. The minimum Gasteiger partial charge on any atom is -0.339 e. The summed E-state index contributed by atoms with van der Waals surface area (Å²) in [5.41, 5.74) is 0. The van der Waals surface area contributed by atoms with Crippen LogP contribution in [0.2, 0.25) is 0 Å². The van der Waals surface area contributed by atoms with Gasteiger partial charge in [0.1, 0.15) is 0 Å². The molecule has 0 bridgehead atoms. The molecule has 1 saturated heterocycles. The molecule has 4 nitrogen and oxygen atoms in total. The second-order valence-corrected chi connectivity index (χ2v) is 3.27. The summed E-state index contributed by atoms with van der Waals surface area (Å²) in [6, 6.07) is 2.43. The summed E-state index contributed by atoms with van der Waals surface area (Å²) in [5.74, 6) is 0.847. The number of nitrogens with zero attached hydrogens (tertiary/aromatic N) is 3. The van der Waals surface area contributed by atoms with Crippen LogP contribution in [0.25, 0.3) is 0 Å². The Labute approximate surface area is 78.0 Å². The molecule has 0 aliphatic carbocycles. The Hall–Kier alpha value is -1.16. The van der Waals surface area contributed by atoms with Gasteiger partial charge in [-0.15, -0.1) is 0 Å². The molecule has 1 aromatic rings. The van der Waals surface area contributed by atoms with Gasteiger partial charge in [0.15, 0.2) is 0 Å². The van der Waals surface area contributed by atoms with Crippen LogP contribution in [-0.2, 0) is 0 Å². The molecule has 0 unspecified atom stereocenters. The maximum atomic E-state index is 4.22. The van der Waals surface area contributed by atoms with Crippen molar-refractivity contribution < 1.29 is 0 Å². The fraction of sp³-hybridized carbons (Fsp3) is 0.556. The highest BCUT2D eigenvalue weighted by Gasteiger charge is 2.22. The van der Waals surface area contributed by atoms with Crippen LogP contribution in [0.15, 0.2) is 18.5 Å². The van der Waals surface area contributed by atoms with E-state index < -0.39 is 0 Å². The molecular weight excluding hydrogens is 164 g/mol. The van der Waals surface area contributed by atoms with Crippen molar-refractivity contribution in [2.24, 2.45) is 0 Å². The Morgan fingerprint density at radius 1 is 1.46 bits per heavy atom. The highest BCUT2D eigenvalue weighted by Crippen LogP contribution is 2.14. The van der Waals surface area contributed by atoms with E-state index in [9.17, 15) is 0 Å². The molecule has 1 atom stereocenters. The van der Waals surface area contributed by atoms with E-state index in [-0.39, 0.29) is 0 Å². The molecule has 1 aromatic heterocycles. The second-order valence-electron chi connectivity index (χ2n) is 3.27. The van der Waals surface area contributed by atoms with Crippen molar-refractivity contribution in [3.8, 4) is 0 Å². The largest absolute Gasteiger partial charge is 0.339 e. The highest BCUT2D eigenvalue weighted by atomic mass is 15.3. The summed E-state index contributed by atoms with van der Waals surface area (Å²) in [5, 5.41) is 3.27. The lowest BCUT2D eigenvalue weighted by Crippen LogP contribution is -2.30. The molecule has 0 aromatic carbocycles. The minimum atomic E-state index is 0.587. The summed E-state index contributed by atoms with van der Waals surface area (Å²) in [4.78, 5) is 10.6. The summed E-state index contributed by atoms with van der Waals surface area (Å²) in [7, 11) is 2.00. The van der Waals surface area contributed by atoms with Crippen LogP contribution in [0.5, 0.6) is 0 Å². The van der Waals surface area contributed by atoms with E-state index in [1.54, 1.807) is 12.4 Å². The Morgan fingerprint density at radius 3 is 2.85 bits per heavy atom. The zero-order valence-electron chi connectivity index (χ0n) is 7.77. The van der Waals surface area contributed by atoms with Crippen LogP contribution in [0.4, 0.5) is 5.95 Å². The summed E-state index contributed by atoms with van der Waals surface area (Å²) in [6.45, 7) is 2.07. The monoisotopic (exact) mass is 178 g/mol. The lowest BCUT2D eigenvalue weighted by molar-refractivity contribution is 0.616. The summed E-state index contributed by atoms with van der Waals surface area (Å²) < 4.78 is 0. The fourth-order valence-electron chi connectivity index (χ4n) is 1.63. The first-order valence-electron chi connectivity index (χ1n) is 4.59. The van der Waals surface area contributed by atoms with Gasteiger partial charge in [-0.3, -0.25) is 0 Å². The topological polar surface area (TPSA) is 41.0 Å². The number of nitrogens with one attached hydrogen (secondary N) is 1. The maximum absolute atomic E-state index is 4.22. The lowest BCUT2D eigenvalue weighted by Gasteiger charge is -2.15. The van der Waals surface area contributed by atoms with Gasteiger partial charge in [0.25, 0.3) is 0 Å². The number of hydrogen-bond acceptors (Lipinski definition) is 4. The van der Waals surface area contributed by atoms with E-state index in [0.717, 1.165) is 19.0 Å². The van der Waals surface area contributed by atoms with Crippen LogP contribution in [0, 0.1) is 0 Å². The normalized spacial score (nSPS) is 22.2. The number of anilines is 1. The smallest absolute Gasteiger partial charge is 0.225 e. The van der Waals surface area contributed by atoms with Gasteiger partial charge >= 0.3 is 0 Å². The van der Waals surface area contributed by atoms with Gasteiger partial charge in [-0.05, 0) is 19.5 Å². The van der Waals surface area contributed by atoms with E-state index in [4.69, 9.17) is 0 Å². The van der Waals surface area contributed by atoms with Gasteiger partial charge in [-0.1, -0.05) is 0 Å². The van der Waals surface area contributed by atoms with Gasteiger partial charge in [0.2, 0.25) is 5.95 Å². The molecule has 1 N–H and O–H groups in total. The lowest BCUT2D eigenvalue weighted by atomic mass is 10.3. The zero-order chi connectivity index (χ0) is 9.10. The molecule has 0 spiro atoms. The second kappa shape index (κ2) is 3.70. The average molecular weight is 178 g/mol. The Bertz CT molecular complexity index is 262. The van der Waals surface area contributed by atoms with Gasteiger partial charge < -0.3 is 10.2 Å². The van der Waals surface area contributed by atoms with Crippen LogP contribution < -0.4 is 10.2 Å². The average Bonchev–Trinajstić information content (AvgIpc) is 2.67. The maximum Gasteiger partial charge on any atom is 0.225 e. The molecule has 1 fully saturated rings. The predicted molar refractivity (Wildman–Crippen MR) is 51.7 cm³/mol. The quantitative estimate of drug-likeness (QED) is 0.706. The fourth-order valence-corrected chi connectivity index (χ4v) is 1.63. The Kier molecular flexibility index (Phi) is 2.40. The molecular formula is C9H14N4. The first kappa shape index (κ1) is 8.44. The van der Waals surface area contributed by atoms with Gasteiger partial charge in [-0.25, -0.2) is 9.97 Å². The predicted octanol–water partition coefficient (Wildman–Crippen LogP) is 0.275. The van der Waals surface area contributed by atoms with Gasteiger partial charge in [0.05, 0.1) is 0 Å². The van der Waals surface area contributed by atoms with E-state index in [1.165, 1.54) is 6.42 Å². The molecule has 0 amide bonds. The van der Waals surface area contributed by atoms with Crippen LogP contribution in [-0.4, -0.2) is 36.1 Å².